The molecule has 22 heteroatoms. The zero-order valence-electron chi connectivity index (χ0n) is 80.3. The number of hydrogen-bond donors (Lipinski definition) is 0. The van der Waals surface area contributed by atoms with Crippen LogP contribution in [0, 0.1) is 17.5 Å². The van der Waals surface area contributed by atoms with Gasteiger partial charge >= 0.3 is 12.4 Å². The third-order valence-corrected chi connectivity index (χ3v) is 16.7. The zero-order chi connectivity index (χ0) is 93.7. The summed E-state index contributed by atoms with van der Waals surface area (Å²) in [6.45, 7) is -12.3. The number of fused-ring (bicyclic) bond motifs is 2. The average molecular weight is 1390 g/mol. The molecule has 6 aromatic carbocycles. The first-order valence-electron chi connectivity index (χ1n) is 43.7. The number of aromatic nitrogens is 4. The molecule has 0 radical (unpaired) electrons. The number of carbonyl (C=O) groups is 2. The summed E-state index contributed by atoms with van der Waals surface area (Å²) >= 11 is 1.38. The van der Waals surface area contributed by atoms with E-state index < -0.39 is 239 Å². The maximum atomic E-state index is 15.1. The van der Waals surface area contributed by atoms with E-state index in [4.69, 9.17) is 28.8 Å². The minimum Gasteiger partial charge on any atom is -0.336 e. The molecule has 508 valence electrons. The van der Waals surface area contributed by atoms with E-state index in [1.165, 1.54) is 73.9 Å². The van der Waals surface area contributed by atoms with Gasteiger partial charge in [0.25, 0.3) is 11.1 Å². The summed E-state index contributed by atoms with van der Waals surface area (Å²) in [7, 11) is 0. The second-order valence-corrected chi connectivity index (χ2v) is 22.9. The van der Waals surface area contributed by atoms with Crippen molar-refractivity contribution in [2.24, 2.45) is 5.89 Å². The first-order valence-corrected chi connectivity index (χ1v) is 31.7. The summed E-state index contributed by atoms with van der Waals surface area (Å²) in [4.78, 5) is 66.7. The molecule has 2 aliphatic rings. The average Bonchev–Trinajstić information content (AvgIpc) is 1.51. The normalized spacial score (nSPS) is 21.0. The van der Waals surface area contributed by atoms with Crippen LogP contribution < -0.4 is 11.1 Å². The van der Waals surface area contributed by atoms with Gasteiger partial charge in [0.05, 0.1) is 43.2 Å². The van der Waals surface area contributed by atoms with E-state index in [-0.39, 0.29) is 54.0 Å². The van der Waals surface area contributed by atoms with Crippen molar-refractivity contribution in [3.8, 4) is 22.3 Å². The fraction of sp³-hybridized carbons (Fsp3) is 0.378. The van der Waals surface area contributed by atoms with Gasteiger partial charge in [-0.1, -0.05) is 155 Å². The maximum absolute atomic E-state index is 15.1. The molecule has 2 amide bonds. The highest BCUT2D eigenvalue weighted by Crippen LogP contribution is 2.35. The van der Waals surface area contributed by atoms with Gasteiger partial charge in [-0.2, -0.15) is 36.3 Å². The molecular formula is C74H80F8N8O4S2. The number of likely N-dealkylation sites (N-methyl/N-ethyl adjacent to an activating group) is 2. The van der Waals surface area contributed by atoms with Gasteiger partial charge in [-0.05, 0) is 164 Å². The topological polar surface area (TPSA) is 117 Å². The van der Waals surface area contributed by atoms with E-state index in [0.717, 1.165) is 52.8 Å². The lowest BCUT2D eigenvalue weighted by atomic mass is 9.99. The predicted molar refractivity (Wildman–Crippen MR) is 362 cm³/mol. The van der Waals surface area contributed by atoms with Crippen LogP contribution in [0.1, 0.15) is 148 Å². The van der Waals surface area contributed by atoms with Crippen LogP contribution in [-0.4, -0.2) is 103 Å². The van der Waals surface area contributed by atoms with Crippen molar-refractivity contribution >= 4 is 35.3 Å². The zero-order valence-corrected chi connectivity index (χ0v) is 53.9. The third-order valence-electron chi connectivity index (χ3n) is 14.7. The molecule has 2 unspecified atom stereocenters. The Morgan fingerprint density at radius 3 is 1.66 bits per heavy atom. The van der Waals surface area contributed by atoms with Gasteiger partial charge in [-0.15, -0.1) is 0 Å². The molecule has 12 nitrogen and oxygen atoms in total. The van der Waals surface area contributed by atoms with Crippen molar-refractivity contribution in [2.45, 2.75) is 133 Å². The second-order valence-electron chi connectivity index (χ2n) is 21.0. The highest BCUT2D eigenvalue weighted by molar-refractivity contribution is 7.98. The van der Waals surface area contributed by atoms with Crippen LogP contribution in [0.5, 0.6) is 0 Å². The van der Waals surface area contributed by atoms with E-state index in [2.05, 4.69) is 9.97 Å². The van der Waals surface area contributed by atoms with Crippen LogP contribution in [0.2, 0.25) is 0 Å². The Labute approximate surface area is 603 Å². The Hall–Kier alpha value is -7.92. The minimum absolute atomic E-state index is 0.0406. The van der Waals surface area contributed by atoms with E-state index in [9.17, 15) is 59.1 Å². The van der Waals surface area contributed by atoms with Gasteiger partial charge in [0.15, 0.2) is 10.3 Å². The molecule has 0 N–H and O–H groups in total. The summed E-state index contributed by atoms with van der Waals surface area (Å²) in [5.41, 5.74) is -8.91. The van der Waals surface area contributed by atoms with Gasteiger partial charge in [0.2, 0.25) is 11.8 Å². The summed E-state index contributed by atoms with van der Waals surface area (Å²) in [5, 5.41) is -0.702. The molecule has 0 fully saturated rings. The number of rotatable bonds is 26. The summed E-state index contributed by atoms with van der Waals surface area (Å²) in [6, 6.07) is -2.50. The van der Waals surface area contributed by atoms with Gasteiger partial charge in [0.1, 0.15) is 24.7 Å². The predicted octanol–water partition coefficient (Wildman–Crippen LogP) is 15.2. The number of hydrogen-bond acceptors (Lipinski definition) is 10. The highest BCUT2D eigenvalue weighted by atomic mass is 32.2. The third kappa shape index (κ3) is 18.8. The van der Waals surface area contributed by atoms with Crippen LogP contribution in [-0.2, 0) is 78.6 Å². The van der Waals surface area contributed by atoms with Gasteiger partial charge in [0, 0.05) is 78.8 Å². The Morgan fingerprint density at radius 1 is 0.594 bits per heavy atom. The summed E-state index contributed by atoms with van der Waals surface area (Å²) in [6.07, 6.45) is -15.2. The number of thioether (sulfide) groups is 2. The number of nitrogens with zero attached hydrogens (tertiary/aromatic N) is 8. The van der Waals surface area contributed by atoms with E-state index in [0.29, 0.717) is 68.4 Å². The summed E-state index contributed by atoms with van der Waals surface area (Å²) in [5.74, 6) is -8.31. The Morgan fingerprint density at radius 2 is 1.09 bits per heavy atom. The van der Waals surface area contributed by atoms with E-state index in [1.54, 1.807) is 13.8 Å². The number of alkyl halides is 6. The molecular weight excluding hydrogens is 1280 g/mol. The molecule has 0 spiro atoms. The smallest absolute Gasteiger partial charge is 0.336 e. The van der Waals surface area contributed by atoms with Crippen molar-refractivity contribution in [1.29, 1.82) is 0 Å². The lowest BCUT2D eigenvalue weighted by Crippen LogP contribution is -2.42. The van der Waals surface area contributed by atoms with Crippen LogP contribution in [0.25, 0.3) is 22.3 Å². The quantitative estimate of drug-likeness (QED) is 0.0295. The molecule has 10 rings (SSSR count). The molecule has 96 heavy (non-hydrogen) atoms. The van der Waals surface area contributed by atoms with Crippen LogP contribution in [0.4, 0.5) is 35.1 Å². The summed E-state index contributed by atoms with van der Waals surface area (Å²) < 4.78 is 356. The maximum Gasteiger partial charge on any atom is 0.416 e. The molecule has 0 saturated carbocycles. The van der Waals surface area contributed by atoms with Crippen molar-refractivity contribution in [1.82, 2.24) is 38.7 Å². The lowest BCUT2D eigenvalue weighted by molar-refractivity contribution is -0.138. The molecule has 2 heterocycles. The van der Waals surface area contributed by atoms with Crippen LogP contribution >= 0.6 is 23.5 Å². The van der Waals surface area contributed by atoms with Crippen LogP contribution in [0.3, 0.4) is 0 Å². The first-order chi connectivity index (χ1) is 56.9. The Balaban J connectivity index is 0.000000285. The second kappa shape index (κ2) is 32.9. The van der Waals surface area contributed by atoms with Crippen molar-refractivity contribution in [3.63, 3.8) is 0 Å². The van der Waals surface area contributed by atoms with Gasteiger partial charge in [-0.25, -0.2) is 8.78 Å². The standard InChI is InChI=1S/2C37H40F4N4O2S/c1-4-43(5-2)18-19-44(22-26-6-10-28(11-7-26)29-12-14-30(15-13-29)37(39,40)41)34(46)23-45-33-21-25(3)20-32(33)35(47)42-36(45)48-24-27-8-16-31(38)17-9-27;1-4-43(5-2)21-22-44(25(3)27-11-13-28(14-12-27)29-15-17-30(18-16-29)37(39,40)41)34(46)23-45-33-8-6-7-32(33)35(47)42-36(45)48-24-26-9-19-31(38)20-10-26/h6-17,25H,4-5,18-24H2,1-3H3;9-20,25H,4-8,21-24H2,1-3H3/i6D,7D,10D,11D,12D,13D,14D,15D,18D2,19D2,20D2,21D2,22D2,25D;9D,10D,19D,20D,21D2,22D2,25D. The number of halogens is 8. The lowest BCUT2D eigenvalue weighted by Gasteiger charge is -2.33. The molecule has 0 saturated heterocycles. The Kier molecular flexibility index (Phi) is 14.9. The molecule has 8 aromatic rings. The highest BCUT2D eigenvalue weighted by Gasteiger charge is 2.33. The minimum atomic E-state index is -5.43. The molecule has 0 aliphatic heterocycles. The van der Waals surface area contributed by atoms with E-state index >= 15 is 4.79 Å². The number of benzene rings is 6. The fourth-order valence-corrected chi connectivity index (χ4v) is 11.4. The number of amides is 2. The van der Waals surface area contributed by atoms with Crippen molar-refractivity contribution in [3.05, 3.63) is 234 Å². The van der Waals surface area contributed by atoms with Crippen molar-refractivity contribution in [2.75, 3.05) is 52.2 Å². The van der Waals surface area contributed by atoms with Gasteiger partial charge < -0.3 is 28.7 Å². The van der Waals surface area contributed by atoms with Crippen LogP contribution in [0.15, 0.2) is 165 Å². The van der Waals surface area contributed by atoms with Gasteiger partial charge in [-0.3, -0.25) is 19.2 Å². The number of carbonyl (C=O) groups excluding carboxylic acids is 2. The fourth-order valence-electron chi connectivity index (χ4n) is 9.52. The monoisotopic (exact) mass is 1390 g/mol. The Bertz CT molecular complexity index is 5520. The first kappa shape index (κ1) is 43.4. The largest absolute Gasteiger partial charge is 0.416 e. The SMILES string of the molecule is [2H]c1c([2H])c(C(F)(F)F)c([2H])c([2H])c1-c1c([2H])c([2H])c(C([2H])([2H])N(C(=O)Cn2c(SCc3ccc(F)cc3)nc(=O)c3c2C([2H])([2H])C([2H])(C)C3([2H])[2H])C([2H])([2H])C([2H])([2H])N(CC)CC)c([2H])c1[2H].[2H]c1c([2H])c(CSc2nc(=O)c3c(n2CC(=O)N(C([2H])(C)c2ccc(-c4ccc(C(F)(F)F)cc4)cc2)C([2H])([2H])C([2H])([2H])N(CC)CC)CCC3)c([2H])c([2H])c1F. The molecule has 2 aromatic heterocycles. The molecule has 0 bridgehead atoms. The molecule has 2 aliphatic carbocycles. The van der Waals surface area contributed by atoms with Crippen molar-refractivity contribution < 1.29 is 83.1 Å². The molecule has 2 atom stereocenters. The van der Waals surface area contributed by atoms with E-state index in [1.807, 2.05) is 0 Å².